The van der Waals surface area contributed by atoms with Crippen LogP contribution in [0, 0.1) is 0 Å². The van der Waals surface area contributed by atoms with Crippen molar-refractivity contribution in [3.05, 3.63) is 41.3 Å². The highest BCUT2D eigenvalue weighted by Crippen LogP contribution is 2.37. The van der Waals surface area contributed by atoms with Crippen LogP contribution in [0.2, 0.25) is 0 Å². The Bertz CT molecular complexity index is 511. The summed E-state index contributed by atoms with van der Waals surface area (Å²) in [5.41, 5.74) is 1.20. The molecule has 1 heterocycles. The summed E-state index contributed by atoms with van der Waals surface area (Å²) >= 11 is 1.86. The number of hydrogen-bond acceptors (Lipinski definition) is 2. The first-order chi connectivity index (χ1) is 8.58. The zero-order chi connectivity index (χ0) is 13.1. The maximum atomic E-state index is 5.88. The lowest BCUT2D eigenvalue weighted by Gasteiger charge is -2.13. The molecule has 0 spiro atoms. The smallest absolute Gasteiger partial charge is 0.128 e. The third-order valence-corrected chi connectivity index (χ3v) is 4.13. The van der Waals surface area contributed by atoms with Crippen LogP contribution in [0.3, 0.4) is 0 Å². The van der Waals surface area contributed by atoms with E-state index in [1.807, 2.05) is 23.5 Å². The average Bonchev–Trinajstić information content (AvgIpc) is 2.78. The van der Waals surface area contributed by atoms with Crippen molar-refractivity contribution >= 4 is 11.3 Å². The highest BCUT2D eigenvalue weighted by atomic mass is 32.1. The summed E-state index contributed by atoms with van der Waals surface area (Å²) in [6.07, 6.45) is 0.204. The molecular formula is C16H20OS. The Morgan fingerprint density at radius 3 is 2.28 bits per heavy atom. The van der Waals surface area contributed by atoms with Crippen LogP contribution in [-0.2, 0) is 0 Å². The van der Waals surface area contributed by atoms with Gasteiger partial charge in [-0.05, 0) is 44.0 Å². The molecule has 0 aliphatic carbocycles. The van der Waals surface area contributed by atoms with Gasteiger partial charge in [-0.3, -0.25) is 0 Å². The molecule has 0 fully saturated rings. The fourth-order valence-electron chi connectivity index (χ4n) is 1.83. The van der Waals surface area contributed by atoms with Gasteiger partial charge < -0.3 is 4.74 Å². The van der Waals surface area contributed by atoms with Crippen LogP contribution in [0.5, 0.6) is 5.75 Å². The lowest BCUT2D eigenvalue weighted by molar-refractivity contribution is 0.243. The van der Waals surface area contributed by atoms with Crippen LogP contribution in [0.4, 0.5) is 0 Å². The summed E-state index contributed by atoms with van der Waals surface area (Å²) in [5, 5.41) is 0. The molecule has 2 heteroatoms. The van der Waals surface area contributed by atoms with Crippen molar-refractivity contribution in [2.24, 2.45) is 0 Å². The van der Waals surface area contributed by atoms with Crippen LogP contribution >= 0.6 is 11.3 Å². The van der Waals surface area contributed by atoms with E-state index in [0.717, 1.165) is 5.75 Å². The summed E-state index contributed by atoms with van der Waals surface area (Å²) in [6.45, 7) is 8.58. The van der Waals surface area contributed by atoms with Crippen molar-refractivity contribution in [1.29, 1.82) is 0 Å². The molecule has 0 bridgehead atoms. The largest absolute Gasteiger partial charge is 0.490 e. The highest BCUT2D eigenvalue weighted by molar-refractivity contribution is 7.15. The van der Waals surface area contributed by atoms with Crippen molar-refractivity contribution < 1.29 is 4.74 Å². The van der Waals surface area contributed by atoms with Gasteiger partial charge in [0.25, 0.3) is 0 Å². The first-order valence-corrected chi connectivity index (χ1v) is 7.25. The van der Waals surface area contributed by atoms with Gasteiger partial charge in [-0.25, -0.2) is 0 Å². The highest BCUT2D eigenvalue weighted by Gasteiger charge is 2.11. The summed E-state index contributed by atoms with van der Waals surface area (Å²) in [6, 6.07) is 12.7. The average molecular weight is 260 g/mol. The molecule has 1 nitrogen and oxygen atoms in total. The summed E-state index contributed by atoms with van der Waals surface area (Å²) in [4.78, 5) is 2.71. The van der Waals surface area contributed by atoms with E-state index >= 15 is 0 Å². The van der Waals surface area contributed by atoms with Crippen molar-refractivity contribution in [2.75, 3.05) is 0 Å². The van der Waals surface area contributed by atoms with Gasteiger partial charge in [0.1, 0.15) is 5.75 Å². The summed E-state index contributed by atoms with van der Waals surface area (Å²) < 4.78 is 5.88. The standard InChI is InChI=1S/C16H20OS/c1-11(2)15-9-10-16(18-15)13-7-5-6-8-14(13)17-12(3)4/h5-12H,1-4H3. The lowest BCUT2D eigenvalue weighted by Crippen LogP contribution is -2.06. The first kappa shape index (κ1) is 13.2. The molecule has 1 aromatic carbocycles. The Labute approximate surface area is 113 Å². The van der Waals surface area contributed by atoms with Gasteiger partial charge in [0.05, 0.1) is 6.10 Å². The predicted octanol–water partition coefficient (Wildman–Crippen LogP) is 5.33. The Morgan fingerprint density at radius 1 is 0.944 bits per heavy atom. The Kier molecular flexibility index (Phi) is 4.07. The Hall–Kier alpha value is -1.28. The monoisotopic (exact) mass is 260 g/mol. The molecule has 96 valence electrons. The molecule has 0 aliphatic heterocycles. The molecule has 2 aromatic rings. The molecule has 0 N–H and O–H groups in total. The zero-order valence-corrected chi connectivity index (χ0v) is 12.3. The van der Waals surface area contributed by atoms with E-state index < -0.39 is 0 Å². The molecule has 1 aromatic heterocycles. The molecule has 0 saturated heterocycles. The van der Waals surface area contributed by atoms with Gasteiger partial charge in [0, 0.05) is 15.3 Å². The third-order valence-electron chi connectivity index (χ3n) is 2.71. The summed E-state index contributed by atoms with van der Waals surface area (Å²) in [7, 11) is 0. The van der Waals surface area contributed by atoms with Crippen molar-refractivity contribution in [3.8, 4) is 16.2 Å². The van der Waals surface area contributed by atoms with Gasteiger partial charge in [-0.1, -0.05) is 26.0 Å². The Balaban J connectivity index is 2.36. The maximum absolute atomic E-state index is 5.88. The number of ether oxygens (including phenoxy) is 1. The number of rotatable bonds is 4. The quantitative estimate of drug-likeness (QED) is 0.722. The number of benzene rings is 1. The minimum atomic E-state index is 0.204. The second kappa shape index (κ2) is 5.57. The molecule has 2 rings (SSSR count). The van der Waals surface area contributed by atoms with E-state index in [-0.39, 0.29) is 6.10 Å². The third kappa shape index (κ3) is 2.94. The van der Waals surface area contributed by atoms with Crippen LogP contribution in [0.25, 0.3) is 10.4 Å². The fourth-order valence-corrected chi connectivity index (χ4v) is 2.88. The maximum Gasteiger partial charge on any atom is 0.128 e. The molecule has 0 atom stereocenters. The zero-order valence-electron chi connectivity index (χ0n) is 11.4. The molecule has 0 amide bonds. The van der Waals surface area contributed by atoms with E-state index in [2.05, 4.69) is 52.0 Å². The SMILES string of the molecule is CC(C)Oc1ccccc1-c1ccc(C(C)C)s1. The van der Waals surface area contributed by atoms with E-state index in [1.54, 1.807) is 0 Å². The van der Waals surface area contributed by atoms with Crippen LogP contribution < -0.4 is 4.74 Å². The van der Waals surface area contributed by atoms with Gasteiger partial charge in [-0.2, -0.15) is 0 Å². The minimum Gasteiger partial charge on any atom is -0.490 e. The molecule has 0 unspecified atom stereocenters. The Morgan fingerprint density at radius 2 is 1.67 bits per heavy atom. The number of hydrogen-bond donors (Lipinski definition) is 0. The van der Waals surface area contributed by atoms with Gasteiger partial charge in [-0.15, -0.1) is 11.3 Å². The van der Waals surface area contributed by atoms with Crippen molar-refractivity contribution in [2.45, 2.75) is 39.7 Å². The van der Waals surface area contributed by atoms with Crippen LogP contribution in [0.1, 0.15) is 38.5 Å². The fraction of sp³-hybridized carbons (Fsp3) is 0.375. The molecular weight excluding hydrogens is 240 g/mol. The molecule has 0 aliphatic rings. The molecule has 18 heavy (non-hydrogen) atoms. The minimum absolute atomic E-state index is 0.204. The van der Waals surface area contributed by atoms with E-state index in [4.69, 9.17) is 4.74 Å². The molecule has 0 saturated carbocycles. The molecule has 0 radical (unpaired) electrons. The van der Waals surface area contributed by atoms with Crippen molar-refractivity contribution in [1.82, 2.24) is 0 Å². The number of thiophene rings is 1. The predicted molar refractivity (Wildman–Crippen MR) is 79.6 cm³/mol. The van der Waals surface area contributed by atoms with E-state index in [1.165, 1.54) is 15.3 Å². The lowest BCUT2D eigenvalue weighted by atomic mass is 10.1. The second-order valence-electron chi connectivity index (χ2n) is 5.02. The topological polar surface area (TPSA) is 9.23 Å². The van der Waals surface area contributed by atoms with Gasteiger partial charge in [0.15, 0.2) is 0 Å². The van der Waals surface area contributed by atoms with Crippen LogP contribution in [0.15, 0.2) is 36.4 Å². The number of para-hydroxylation sites is 1. The van der Waals surface area contributed by atoms with Gasteiger partial charge >= 0.3 is 0 Å². The normalized spacial score (nSPS) is 11.2. The van der Waals surface area contributed by atoms with Crippen LogP contribution in [-0.4, -0.2) is 6.10 Å². The first-order valence-electron chi connectivity index (χ1n) is 6.43. The van der Waals surface area contributed by atoms with E-state index in [0.29, 0.717) is 5.92 Å². The van der Waals surface area contributed by atoms with E-state index in [9.17, 15) is 0 Å². The summed E-state index contributed by atoms with van der Waals surface area (Å²) in [5.74, 6) is 1.56. The van der Waals surface area contributed by atoms with Gasteiger partial charge in [0.2, 0.25) is 0 Å². The second-order valence-corrected chi connectivity index (χ2v) is 6.13. The van der Waals surface area contributed by atoms with Crippen molar-refractivity contribution in [3.63, 3.8) is 0 Å².